The van der Waals surface area contributed by atoms with Crippen molar-refractivity contribution >= 4 is 46.4 Å². The van der Waals surface area contributed by atoms with Crippen molar-refractivity contribution in [3.05, 3.63) is 99.0 Å². The SMILES string of the molecule is O=C(Nc1cccc(Cl)c1Cl)C(OCc1ccccc1)c1cccc(Cl)c1. The van der Waals surface area contributed by atoms with Crippen LogP contribution in [-0.2, 0) is 16.1 Å². The predicted octanol–water partition coefficient (Wildman–Crippen LogP) is 6.54. The van der Waals surface area contributed by atoms with Gasteiger partial charge in [-0.2, -0.15) is 0 Å². The summed E-state index contributed by atoms with van der Waals surface area (Å²) in [6.45, 7) is 0.273. The molecule has 0 aliphatic carbocycles. The minimum atomic E-state index is -0.862. The average molecular weight is 421 g/mol. The van der Waals surface area contributed by atoms with E-state index in [0.29, 0.717) is 21.3 Å². The van der Waals surface area contributed by atoms with Gasteiger partial charge in [-0.3, -0.25) is 4.79 Å². The fraction of sp³-hybridized carbons (Fsp3) is 0.0952. The molecule has 138 valence electrons. The zero-order valence-corrected chi connectivity index (χ0v) is 16.4. The number of amides is 1. The molecule has 6 heteroatoms. The van der Waals surface area contributed by atoms with Crippen LogP contribution in [0.1, 0.15) is 17.2 Å². The summed E-state index contributed by atoms with van der Waals surface area (Å²) in [6.07, 6.45) is -0.862. The number of halogens is 3. The molecular formula is C21H16Cl3NO2. The molecule has 0 fully saturated rings. The summed E-state index contributed by atoms with van der Waals surface area (Å²) in [6, 6.07) is 21.7. The van der Waals surface area contributed by atoms with Crippen molar-refractivity contribution in [3.8, 4) is 0 Å². The Morgan fingerprint density at radius 1 is 0.926 bits per heavy atom. The molecule has 0 saturated heterocycles. The van der Waals surface area contributed by atoms with Gasteiger partial charge in [0, 0.05) is 5.02 Å². The molecule has 3 nitrogen and oxygen atoms in total. The molecule has 1 N–H and O–H groups in total. The van der Waals surface area contributed by atoms with Gasteiger partial charge >= 0.3 is 0 Å². The van der Waals surface area contributed by atoms with Gasteiger partial charge < -0.3 is 10.1 Å². The van der Waals surface area contributed by atoms with E-state index in [9.17, 15) is 4.79 Å². The number of anilines is 1. The van der Waals surface area contributed by atoms with Gasteiger partial charge in [0.2, 0.25) is 0 Å². The van der Waals surface area contributed by atoms with Crippen LogP contribution in [0.25, 0.3) is 0 Å². The summed E-state index contributed by atoms with van der Waals surface area (Å²) in [5.41, 5.74) is 2.02. The first-order chi connectivity index (χ1) is 13.0. The monoisotopic (exact) mass is 419 g/mol. The number of ether oxygens (including phenoxy) is 1. The molecule has 1 atom stereocenters. The lowest BCUT2D eigenvalue weighted by Crippen LogP contribution is -2.23. The van der Waals surface area contributed by atoms with Crippen molar-refractivity contribution in [2.75, 3.05) is 5.32 Å². The van der Waals surface area contributed by atoms with E-state index in [0.717, 1.165) is 5.56 Å². The lowest BCUT2D eigenvalue weighted by Gasteiger charge is -2.19. The Morgan fingerprint density at radius 3 is 2.41 bits per heavy atom. The van der Waals surface area contributed by atoms with Gasteiger partial charge in [0.25, 0.3) is 5.91 Å². The standard InChI is InChI=1S/C21H16Cl3NO2/c22-16-9-4-8-15(12-16)20(27-13-14-6-2-1-3-7-14)21(26)25-18-11-5-10-17(23)19(18)24/h1-12,20H,13H2,(H,25,26). The first-order valence-corrected chi connectivity index (χ1v) is 9.34. The highest BCUT2D eigenvalue weighted by Gasteiger charge is 2.23. The van der Waals surface area contributed by atoms with Crippen LogP contribution in [0, 0.1) is 0 Å². The molecule has 1 amide bonds. The lowest BCUT2D eigenvalue weighted by molar-refractivity contribution is -0.128. The van der Waals surface area contributed by atoms with E-state index >= 15 is 0 Å². The van der Waals surface area contributed by atoms with E-state index < -0.39 is 6.10 Å². The summed E-state index contributed by atoms with van der Waals surface area (Å²) in [5, 5.41) is 3.94. The number of hydrogen-bond acceptors (Lipinski definition) is 2. The van der Waals surface area contributed by atoms with E-state index in [1.165, 1.54) is 0 Å². The average Bonchev–Trinajstić information content (AvgIpc) is 2.66. The predicted molar refractivity (Wildman–Crippen MR) is 111 cm³/mol. The topological polar surface area (TPSA) is 38.3 Å². The Balaban J connectivity index is 1.84. The van der Waals surface area contributed by atoms with E-state index in [1.807, 2.05) is 30.3 Å². The van der Waals surface area contributed by atoms with Crippen molar-refractivity contribution < 1.29 is 9.53 Å². The first kappa shape index (κ1) is 19.7. The number of benzene rings is 3. The summed E-state index contributed by atoms with van der Waals surface area (Å²) >= 11 is 18.3. The maximum absolute atomic E-state index is 12.9. The molecule has 0 heterocycles. The van der Waals surface area contributed by atoms with Crippen molar-refractivity contribution in [2.45, 2.75) is 12.7 Å². The molecule has 3 aromatic carbocycles. The van der Waals surface area contributed by atoms with Crippen LogP contribution in [0.3, 0.4) is 0 Å². The van der Waals surface area contributed by atoms with Crippen LogP contribution in [0.15, 0.2) is 72.8 Å². The molecule has 3 aromatic rings. The molecule has 0 aromatic heterocycles. The molecule has 27 heavy (non-hydrogen) atoms. The Labute approximate surface area is 172 Å². The molecule has 0 spiro atoms. The van der Waals surface area contributed by atoms with Gasteiger partial charge in [0.1, 0.15) is 0 Å². The molecule has 3 rings (SSSR count). The Morgan fingerprint density at radius 2 is 1.67 bits per heavy atom. The Kier molecular flexibility index (Phi) is 6.75. The molecule has 1 unspecified atom stereocenters. The molecule has 0 radical (unpaired) electrons. The quantitative estimate of drug-likeness (QED) is 0.491. The maximum Gasteiger partial charge on any atom is 0.258 e. The zero-order valence-electron chi connectivity index (χ0n) is 14.2. The van der Waals surface area contributed by atoms with Gasteiger partial charge in [-0.1, -0.05) is 83.3 Å². The van der Waals surface area contributed by atoms with Gasteiger partial charge in [0.05, 0.1) is 22.3 Å². The van der Waals surface area contributed by atoms with Gasteiger partial charge in [0.15, 0.2) is 6.10 Å². The van der Waals surface area contributed by atoms with E-state index in [2.05, 4.69) is 5.32 Å². The van der Waals surface area contributed by atoms with Crippen LogP contribution >= 0.6 is 34.8 Å². The minimum Gasteiger partial charge on any atom is -0.359 e. The second-order valence-corrected chi connectivity index (χ2v) is 7.04. The highest BCUT2D eigenvalue weighted by atomic mass is 35.5. The summed E-state index contributed by atoms with van der Waals surface area (Å²) in [4.78, 5) is 12.9. The smallest absolute Gasteiger partial charge is 0.258 e. The summed E-state index contributed by atoms with van der Waals surface area (Å²) in [7, 11) is 0. The van der Waals surface area contributed by atoms with Crippen molar-refractivity contribution in [2.24, 2.45) is 0 Å². The number of carbonyl (C=O) groups excluding carboxylic acids is 1. The second-order valence-electron chi connectivity index (χ2n) is 5.82. The van der Waals surface area contributed by atoms with Gasteiger partial charge in [-0.15, -0.1) is 0 Å². The number of hydrogen-bond donors (Lipinski definition) is 1. The van der Waals surface area contributed by atoms with E-state index in [4.69, 9.17) is 39.5 Å². The van der Waals surface area contributed by atoms with Crippen molar-refractivity contribution in [3.63, 3.8) is 0 Å². The van der Waals surface area contributed by atoms with Crippen LogP contribution in [0.5, 0.6) is 0 Å². The zero-order chi connectivity index (χ0) is 19.2. The Hall–Kier alpha value is -2.04. The van der Waals surface area contributed by atoms with E-state index in [1.54, 1.807) is 42.5 Å². The van der Waals surface area contributed by atoms with Gasteiger partial charge in [-0.25, -0.2) is 0 Å². The fourth-order valence-electron chi connectivity index (χ4n) is 2.55. The first-order valence-electron chi connectivity index (χ1n) is 8.20. The molecule has 0 saturated carbocycles. The summed E-state index contributed by atoms with van der Waals surface area (Å²) < 4.78 is 5.93. The molecule has 0 aliphatic rings. The largest absolute Gasteiger partial charge is 0.359 e. The normalized spacial score (nSPS) is 11.8. The molecule has 0 bridgehead atoms. The fourth-order valence-corrected chi connectivity index (χ4v) is 3.09. The number of rotatable bonds is 6. The van der Waals surface area contributed by atoms with E-state index in [-0.39, 0.29) is 17.5 Å². The molecule has 0 aliphatic heterocycles. The van der Waals surface area contributed by atoms with Crippen LogP contribution in [-0.4, -0.2) is 5.91 Å². The molecular weight excluding hydrogens is 405 g/mol. The highest BCUT2D eigenvalue weighted by Crippen LogP contribution is 2.31. The number of carbonyl (C=O) groups is 1. The second kappa shape index (κ2) is 9.25. The van der Waals surface area contributed by atoms with Crippen LogP contribution < -0.4 is 5.32 Å². The number of nitrogens with one attached hydrogen (secondary N) is 1. The lowest BCUT2D eigenvalue weighted by atomic mass is 10.1. The highest BCUT2D eigenvalue weighted by molar-refractivity contribution is 6.44. The van der Waals surface area contributed by atoms with Crippen molar-refractivity contribution in [1.82, 2.24) is 0 Å². The summed E-state index contributed by atoms with van der Waals surface area (Å²) in [5.74, 6) is -0.364. The van der Waals surface area contributed by atoms with Gasteiger partial charge in [-0.05, 0) is 35.4 Å². The third-order valence-electron chi connectivity index (χ3n) is 3.86. The minimum absolute atomic E-state index is 0.273. The third kappa shape index (κ3) is 5.24. The third-order valence-corrected chi connectivity index (χ3v) is 4.91. The maximum atomic E-state index is 12.9. The van der Waals surface area contributed by atoms with Crippen LogP contribution in [0.2, 0.25) is 15.1 Å². The Bertz CT molecular complexity index is 932. The van der Waals surface area contributed by atoms with Crippen molar-refractivity contribution in [1.29, 1.82) is 0 Å². The van der Waals surface area contributed by atoms with Crippen LogP contribution in [0.4, 0.5) is 5.69 Å².